The summed E-state index contributed by atoms with van der Waals surface area (Å²) in [5.41, 5.74) is 1.99. The number of anilines is 1. The Morgan fingerprint density at radius 2 is 2.09 bits per heavy atom. The fourth-order valence-corrected chi connectivity index (χ4v) is 3.60. The fraction of sp³-hybridized carbons (Fsp3) is 0.500. The molecule has 1 aromatic carbocycles. The SMILES string of the molecule is CC[C@@H](/C=C/C(=O)N1CCc2ccccc21)NC(=O)[C@@H]1CNC(OC(=O)C(F)(F)F)CCO1. The van der Waals surface area contributed by atoms with Gasteiger partial charge < -0.3 is 19.7 Å². The second-order valence-electron chi connectivity index (χ2n) is 7.70. The maximum atomic E-state index is 12.6. The first-order chi connectivity index (χ1) is 15.7. The van der Waals surface area contributed by atoms with Crippen molar-refractivity contribution in [1.29, 1.82) is 0 Å². The number of rotatable bonds is 6. The van der Waals surface area contributed by atoms with Crippen LogP contribution in [-0.2, 0) is 30.3 Å². The van der Waals surface area contributed by atoms with Gasteiger partial charge >= 0.3 is 12.1 Å². The summed E-state index contributed by atoms with van der Waals surface area (Å²) < 4.78 is 46.9. The van der Waals surface area contributed by atoms with Crippen molar-refractivity contribution in [2.45, 2.75) is 50.7 Å². The van der Waals surface area contributed by atoms with E-state index in [2.05, 4.69) is 15.4 Å². The van der Waals surface area contributed by atoms with E-state index in [9.17, 15) is 27.6 Å². The highest BCUT2D eigenvalue weighted by Crippen LogP contribution is 2.27. The van der Waals surface area contributed by atoms with Gasteiger partial charge in [-0.15, -0.1) is 0 Å². The van der Waals surface area contributed by atoms with E-state index in [4.69, 9.17) is 4.74 Å². The van der Waals surface area contributed by atoms with Crippen LogP contribution in [-0.4, -0.2) is 62.0 Å². The molecule has 33 heavy (non-hydrogen) atoms. The van der Waals surface area contributed by atoms with Crippen molar-refractivity contribution in [2.24, 2.45) is 0 Å². The van der Waals surface area contributed by atoms with E-state index in [-0.39, 0.29) is 25.5 Å². The van der Waals surface area contributed by atoms with E-state index in [0.29, 0.717) is 13.0 Å². The van der Waals surface area contributed by atoms with E-state index >= 15 is 0 Å². The lowest BCUT2D eigenvalue weighted by atomic mass is 10.1. The van der Waals surface area contributed by atoms with Gasteiger partial charge in [-0.2, -0.15) is 13.2 Å². The van der Waals surface area contributed by atoms with Crippen LogP contribution in [0.25, 0.3) is 0 Å². The molecule has 2 aliphatic heterocycles. The van der Waals surface area contributed by atoms with Crippen LogP contribution >= 0.6 is 0 Å². The molecule has 0 spiro atoms. The molecule has 0 radical (unpaired) electrons. The smallest absolute Gasteiger partial charge is 0.440 e. The molecule has 1 aromatic rings. The number of nitrogens with zero attached hydrogens (tertiary/aromatic N) is 1. The minimum atomic E-state index is -5.10. The van der Waals surface area contributed by atoms with E-state index in [1.807, 2.05) is 31.2 Å². The predicted octanol–water partition coefficient (Wildman–Crippen LogP) is 1.84. The molecule has 0 aliphatic carbocycles. The van der Waals surface area contributed by atoms with Crippen LogP contribution in [0.5, 0.6) is 0 Å². The molecule has 0 aromatic heterocycles. The number of hydrogen-bond acceptors (Lipinski definition) is 6. The summed E-state index contributed by atoms with van der Waals surface area (Å²) in [5.74, 6) is -2.97. The van der Waals surface area contributed by atoms with Gasteiger partial charge in [-0.05, 0) is 24.5 Å². The lowest BCUT2D eigenvalue weighted by molar-refractivity contribution is -0.206. The van der Waals surface area contributed by atoms with E-state index in [1.165, 1.54) is 6.08 Å². The van der Waals surface area contributed by atoms with Crippen molar-refractivity contribution in [3.8, 4) is 0 Å². The number of nitrogens with one attached hydrogen (secondary N) is 2. The topological polar surface area (TPSA) is 97.0 Å². The van der Waals surface area contributed by atoms with E-state index in [1.54, 1.807) is 11.0 Å². The third-order valence-corrected chi connectivity index (χ3v) is 5.39. The second-order valence-corrected chi connectivity index (χ2v) is 7.70. The third kappa shape index (κ3) is 6.55. The quantitative estimate of drug-likeness (QED) is 0.488. The first-order valence-electron chi connectivity index (χ1n) is 10.7. The average Bonchev–Trinajstić information content (AvgIpc) is 3.07. The maximum Gasteiger partial charge on any atom is 0.490 e. The fourth-order valence-electron chi connectivity index (χ4n) is 3.60. The molecule has 11 heteroatoms. The molecule has 2 amide bonds. The van der Waals surface area contributed by atoms with Crippen LogP contribution in [0.1, 0.15) is 25.3 Å². The van der Waals surface area contributed by atoms with Crippen molar-refractivity contribution in [3.05, 3.63) is 42.0 Å². The Morgan fingerprint density at radius 1 is 1.33 bits per heavy atom. The third-order valence-electron chi connectivity index (χ3n) is 5.39. The number of para-hydroxylation sites is 1. The molecule has 8 nitrogen and oxygen atoms in total. The Labute approximate surface area is 189 Å². The molecule has 1 unspecified atom stereocenters. The highest BCUT2D eigenvalue weighted by atomic mass is 19.4. The zero-order valence-corrected chi connectivity index (χ0v) is 18.1. The molecule has 2 heterocycles. The van der Waals surface area contributed by atoms with Crippen LogP contribution in [0.2, 0.25) is 0 Å². The number of fused-ring (bicyclic) bond motifs is 1. The standard InChI is InChI=1S/C22H26F3N3O5/c1-2-15(7-8-19(29)28-11-9-14-5-3-4-6-16(14)28)27-20(30)17-13-26-18(10-12-32-17)33-21(31)22(23,24)25/h3-8,15,17-18,26H,2,9-13H2,1H3,(H,27,30)/b8-7+/t15-,17-,18?/m0/s1. The molecular weight excluding hydrogens is 443 g/mol. The Bertz CT molecular complexity index is 906. The number of amides is 2. The Morgan fingerprint density at radius 3 is 2.82 bits per heavy atom. The van der Waals surface area contributed by atoms with Gasteiger partial charge in [0.05, 0.1) is 6.61 Å². The van der Waals surface area contributed by atoms with Crippen LogP contribution in [0.15, 0.2) is 36.4 Å². The number of benzene rings is 1. The lowest BCUT2D eigenvalue weighted by Crippen LogP contribution is -2.47. The minimum absolute atomic E-state index is 0.0332. The molecule has 2 aliphatic rings. The molecule has 0 bridgehead atoms. The number of esters is 1. The first-order valence-corrected chi connectivity index (χ1v) is 10.7. The Balaban J connectivity index is 1.51. The summed E-state index contributed by atoms with van der Waals surface area (Å²) in [6, 6.07) is 7.24. The second kappa shape index (κ2) is 10.8. The summed E-state index contributed by atoms with van der Waals surface area (Å²) in [6.07, 6.45) is -2.99. The number of hydrogen-bond donors (Lipinski definition) is 2. The number of carbonyl (C=O) groups excluding carboxylic acids is 3. The first kappa shape index (κ1) is 24.7. The highest BCUT2D eigenvalue weighted by Gasteiger charge is 2.42. The molecule has 3 rings (SSSR count). The molecular formula is C22H26F3N3O5. The van der Waals surface area contributed by atoms with Gasteiger partial charge in [-0.1, -0.05) is 31.2 Å². The van der Waals surface area contributed by atoms with Gasteiger partial charge in [0.25, 0.3) is 11.8 Å². The summed E-state index contributed by atoms with van der Waals surface area (Å²) >= 11 is 0. The predicted molar refractivity (Wildman–Crippen MR) is 112 cm³/mol. The molecule has 1 fully saturated rings. The average molecular weight is 469 g/mol. The van der Waals surface area contributed by atoms with E-state index < -0.39 is 36.4 Å². The molecule has 0 saturated carbocycles. The van der Waals surface area contributed by atoms with Crippen LogP contribution in [0, 0.1) is 0 Å². The number of carbonyl (C=O) groups is 3. The Hall–Kier alpha value is -2.92. The number of alkyl halides is 3. The highest BCUT2D eigenvalue weighted by molar-refractivity contribution is 6.03. The van der Waals surface area contributed by atoms with Crippen molar-refractivity contribution in [1.82, 2.24) is 10.6 Å². The van der Waals surface area contributed by atoms with Crippen molar-refractivity contribution in [2.75, 3.05) is 24.6 Å². The van der Waals surface area contributed by atoms with Gasteiger partial charge in [0.15, 0.2) is 6.23 Å². The monoisotopic (exact) mass is 469 g/mol. The lowest BCUT2D eigenvalue weighted by Gasteiger charge is -2.20. The molecule has 180 valence electrons. The van der Waals surface area contributed by atoms with Crippen LogP contribution < -0.4 is 15.5 Å². The Kier molecular flexibility index (Phi) is 8.09. The summed E-state index contributed by atoms with van der Waals surface area (Å²) in [6.45, 7) is 2.22. The molecule has 3 atom stereocenters. The zero-order chi connectivity index (χ0) is 24.0. The van der Waals surface area contributed by atoms with Gasteiger partial charge in [0.1, 0.15) is 6.10 Å². The summed E-state index contributed by atoms with van der Waals surface area (Å²) in [5, 5.41) is 5.36. The van der Waals surface area contributed by atoms with Gasteiger partial charge in [-0.3, -0.25) is 14.9 Å². The maximum absolute atomic E-state index is 12.6. The van der Waals surface area contributed by atoms with E-state index in [0.717, 1.165) is 17.7 Å². The minimum Gasteiger partial charge on any atom is -0.440 e. The largest absolute Gasteiger partial charge is 0.490 e. The van der Waals surface area contributed by atoms with Gasteiger partial charge in [0.2, 0.25) is 0 Å². The molecule has 2 N–H and O–H groups in total. The van der Waals surface area contributed by atoms with Crippen molar-refractivity contribution < 1.29 is 37.0 Å². The summed E-state index contributed by atoms with van der Waals surface area (Å²) in [4.78, 5) is 37.9. The van der Waals surface area contributed by atoms with Crippen molar-refractivity contribution in [3.63, 3.8) is 0 Å². The number of ether oxygens (including phenoxy) is 2. The molecule has 1 saturated heterocycles. The van der Waals surface area contributed by atoms with Gasteiger partial charge in [-0.25, -0.2) is 4.79 Å². The number of halogens is 3. The normalized spacial score (nSPS) is 21.9. The van der Waals surface area contributed by atoms with Gasteiger partial charge in [0, 0.05) is 37.3 Å². The van der Waals surface area contributed by atoms with Crippen molar-refractivity contribution >= 4 is 23.5 Å². The zero-order valence-electron chi connectivity index (χ0n) is 18.1. The summed E-state index contributed by atoms with van der Waals surface area (Å²) in [7, 11) is 0. The van der Waals surface area contributed by atoms with Crippen LogP contribution in [0.3, 0.4) is 0 Å². The van der Waals surface area contributed by atoms with Crippen LogP contribution in [0.4, 0.5) is 18.9 Å².